The van der Waals surface area contributed by atoms with Crippen molar-refractivity contribution in [2.75, 3.05) is 6.54 Å². The van der Waals surface area contributed by atoms with Crippen molar-refractivity contribution < 1.29 is 29.0 Å². The van der Waals surface area contributed by atoms with Crippen LogP contribution in [0.2, 0.25) is 0 Å². The van der Waals surface area contributed by atoms with Crippen LogP contribution in [-0.2, 0) is 37.1 Å². The normalized spacial score (nSPS) is 19.1. The summed E-state index contributed by atoms with van der Waals surface area (Å²) in [4.78, 5) is 59.3. The molecule has 0 unspecified atom stereocenters. The number of thiazole rings is 1. The minimum Gasteiger partial charge on any atom is -0.391 e. The lowest BCUT2D eigenvalue weighted by Crippen LogP contribution is -2.58. The number of nitrogens with one attached hydrogen (secondary N) is 2. The summed E-state index contributed by atoms with van der Waals surface area (Å²) in [6.07, 6.45) is 1.98. The topological polar surface area (TPSA) is 164 Å². The smallest absolute Gasteiger partial charge is 0.246 e. The lowest BCUT2D eigenvalue weighted by molar-refractivity contribution is -0.144. The van der Waals surface area contributed by atoms with E-state index in [2.05, 4.69) is 27.5 Å². The molecule has 1 aliphatic carbocycles. The maximum Gasteiger partial charge on any atom is 0.246 e. The SMILES string of the molecule is Cc1ncsc1-c1ccc(CNC(=O)[C@@H]2C[C@@H](O)CN2C(=O)[C@@H](NC(=O)C2(CC#Cc3ccc(CO[C@H](C)[C@@H](C)CCC(N)=O)cc3)CC2)C(C)(C)C)cc1. The Labute approximate surface area is 328 Å². The molecular weight excluding hydrogens is 715 g/mol. The fourth-order valence-corrected chi connectivity index (χ4v) is 7.51. The summed E-state index contributed by atoms with van der Waals surface area (Å²) < 4.78 is 6.00. The summed E-state index contributed by atoms with van der Waals surface area (Å²) in [6.45, 7) is 12.4. The number of nitrogens with zero attached hydrogens (tertiary/aromatic N) is 2. The molecule has 2 aliphatic rings. The first-order valence-corrected chi connectivity index (χ1v) is 20.0. The largest absolute Gasteiger partial charge is 0.391 e. The van der Waals surface area contributed by atoms with Crippen LogP contribution in [0.4, 0.5) is 0 Å². The molecule has 2 fully saturated rings. The number of ether oxygens (including phenoxy) is 1. The summed E-state index contributed by atoms with van der Waals surface area (Å²) in [5.41, 5.74) is 10.5. The molecular formula is C43H55N5O6S. The van der Waals surface area contributed by atoms with Crippen LogP contribution in [0.5, 0.6) is 0 Å². The number of aryl methyl sites for hydroxylation is 1. The van der Waals surface area contributed by atoms with E-state index in [9.17, 15) is 24.3 Å². The van der Waals surface area contributed by atoms with Crippen LogP contribution in [0, 0.1) is 35.5 Å². The van der Waals surface area contributed by atoms with Gasteiger partial charge in [0, 0.05) is 37.9 Å². The van der Waals surface area contributed by atoms with Gasteiger partial charge in [0.1, 0.15) is 12.1 Å². The second-order valence-corrected chi connectivity index (χ2v) is 17.2. The van der Waals surface area contributed by atoms with E-state index in [1.807, 2.05) is 95.6 Å². The van der Waals surface area contributed by atoms with E-state index in [1.165, 1.54) is 4.90 Å². The molecule has 11 nitrogen and oxygen atoms in total. The highest BCUT2D eigenvalue weighted by molar-refractivity contribution is 7.13. The van der Waals surface area contributed by atoms with E-state index in [-0.39, 0.29) is 55.2 Å². The number of rotatable bonds is 15. The molecule has 1 saturated heterocycles. The Morgan fingerprint density at radius 2 is 1.75 bits per heavy atom. The number of carbonyl (C=O) groups is 4. The molecule has 294 valence electrons. The van der Waals surface area contributed by atoms with Crippen LogP contribution in [0.3, 0.4) is 0 Å². The van der Waals surface area contributed by atoms with Gasteiger partial charge in [-0.15, -0.1) is 11.3 Å². The van der Waals surface area contributed by atoms with Crippen molar-refractivity contribution in [1.29, 1.82) is 0 Å². The number of nitrogens with two attached hydrogens (primary N) is 1. The number of benzene rings is 2. The molecule has 3 aromatic rings. The summed E-state index contributed by atoms with van der Waals surface area (Å²) in [5, 5.41) is 16.6. The molecule has 1 aromatic heterocycles. The molecule has 5 rings (SSSR count). The molecule has 4 amide bonds. The van der Waals surface area contributed by atoms with Crippen molar-refractivity contribution in [3.05, 3.63) is 76.4 Å². The third-order valence-electron chi connectivity index (χ3n) is 10.8. The minimum atomic E-state index is -0.905. The average Bonchev–Trinajstić information content (AvgIpc) is 3.65. The lowest BCUT2D eigenvalue weighted by Gasteiger charge is -2.36. The standard InChI is InChI=1S/C43H55N5O6S/c1-27(9-18-36(44)50)29(3)54-25-32-12-10-30(11-13-32)8-7-19-43(20-21-43)41(53)47-38(42(4,5)6)40(52)48-24-34(49)22-35(48)39(51)45-23-31-14-16-33(17-15-31)37-28(2)46-26-55-37/h10-17,26-27,29,34-35,38,49H,9,18-25H2,1-6H3,(H2,44,50)(H,45,51)(H,47,53)/t27-,29+,34+,35-,38+/m0/s1. The zero-order valence-corrected chi connectivity index (χ0v) is 33.6. The fourth-order valence-electron chi connectivity index (χ4n) is 6.70. The van der Waals surface area contributed by atoms with Crippen molar-refractivity contribution in [3.8, 4) is 22.3 Å². The van der Waals surface area contributed by atoms with E-state index in [0.29, 0.717) is 38.7 Å². The van der Waals surface area contributed by atoms with E-state index >= 15 is 0 Å². The van der Waals surface area contributed by atoms with E-state index in [0.717, 1.165) is 32.8 Å². The second kappa shape index (κ2) is 17.9. The van der Waals surface area contributed by atoms with Crippen LogP contribution in [0.15, 0.2) is 54.0 Å². The van der Waals surface area contributed by atoms with Gasteiger partial charge >= 0.3 is 0 Å². The molecule has 12 heteroatoms. The Morgan fingerprint density at radius 1 is 1.07 bits per heavy atom. The number of primary amides is 1. The highest BCUT2D eigenvalue weighted by Crippen LogP contribution is 2.49. The molecule has 55 heavy (non-hydrogen) atoms. The molecule has 0 bridgehead atoms. The number of hydrogen-bond donors (Lipinski definition) is 4. The van der Waals surface area contributed by atoms with Gasteiger partial charge in [-0.2, -0.15) is 0 Å². The summed E-state index contributed by atoms with van der Waals surface area (Å²) >= 11 is 1.58. The quantitative estimate of drug-likeness (QED) is 0.153. The Hall–Kier alpha value is -4.57. The monoisotopic (exact) mass is 769 g/mol. The van der Waals surface area contributed by atoms with Crippen LogP contribution in [0.25, 0.3) is 10.4 Å². The lowest BCUT2D eigenvalue weighted by atomic mass is 9.84. The predicted octanol–water partition coefficient (Wildman–Crippen LogP) is 5.26. The second-order valence-electron chi connectivity index (χ2n) is 16.3. The maximum atomic E-state index is 14.1. The van der Waals surface area contributed by atoms with Gasteiger partial charge in [-0.25, -0.2) is 4.98 Å². The molecule has 0 radical (unpaired) electrons. The number of aliphatic hydroxyl groups excluding tert-OH is 1. The van der Waals surface area contributed by atoms with Gasteiger partial charge in [0.25, 0.3) is 0 Å². The molecule has 1 aliphatic heterocycles. The Kier molecular flexibility index (Phi) is 13.6. The highest BCUT2D eigenvalue weighted by Gasteiger charge is 2.52. The third-order valence-corrected chi connectivity index (χ3v) is 11.8. The van der Waals surface area contributed by atoms with Gasteiger partial charge in [-0.1, -0.05) is 75.9 Å². The Bertz CT molecular complexity index is 1890. The molecule has 0 spiro atoms. The Morgan fingerprint density at radius 3 is 2.35 bits per heavy atom. The average molecular weight is 770 g/mol. The minimum absolute atomic E-state index is 0.0128. The van der Waals surface area contributed by atoms with Crippen LogP contribution in [-0.4, -0.2) is 69.5 Å². The predicted molar refractivity (Wildman–Crippen MR) is 213 cm³/mol. The molecule has 5 N–H and O–H groups in total. The summed E-state index contributed by atoms with van der Waals surface area (Å²) in [7, 11) is 0. The summed E-state index contributed by atoms with van der Waals surface area (Å²) in [6, 6.07) is 13.9. The van der Waals surface area contributed by atoms with Crippen molar-refractivity contribution >= 4 is 35.0 Å². The van der Waals surface area contributed by atoms with E-state index in [4.69, 9.17) is 10.5 Å². The van der Waals surface area contributed by atoms with Gasteiger partial charge in [0.15, 0.2) is 0 Å². The van der Waals surface area contributed by atoms with Crippen LogP contribution >= 0.6 is 11.3 Å². The molecule has 5 atom stereocenters. The van der Waals surface area contributed by atoms with E-state index < -0.39 is 29.0 Å². The highest BCUT2D eigenvalue weighted by atomic mass is 32.1. The third kappa shape index (κ3) is 11.0. The first kappa shape index (κ1) is 41.6. The number of likely N-dealkylation sites (tertiary alicyclic amines) is 1. The first-order valence-electron chi connectivity index (χ1n) is 19.1. The van der Waals surface area contributed by atoms with Crippen molar-refractivity contribution in [2.45, 2.75) is 118 Å². The summed E-state index contributed by atoms with van der Waals surface area (Å²) in [5.74, 6) is 5.32. The number of aromatic nitrogens is 1. The van der Waals surface area contributed by atoms with Crippen molar-refractivity contribution in [1.82, 2.24) is 20.5 Å². The van der Waals surface area contributed by atoms with Gasteiger partial charge in [-0.3, -0.25) is 19.2 Å². The number of amides is 4. The van der Waals surface area contributed by atoms with Crippen LogP contribution < -0.4 is 16.4 Å². The van der Waals surface area contributed by atoms with Crippen molar-refractivity contribution in [2.24, 2.45) is 22.5 Å². The fraction of sp³-hybridized carbons (Fsp3) is 0.512. The molecule has 2 heterocycles. The van der Waals surface area contributed by atoms with Gasteiger partial charge < -0.3 is 31.1 Å². The Balaban J connectivity index is 1.15. The van der Waals surface area contributed by atoms with Gasteiger partial charge in [0.05, 0.1) is 40.3 Å². The van der Waals surface area contributed by atoms with Crippen LogP contribution in [0.1, 0.15) is 95.5 Å². The zero-order chi connectivity index (χ0) is 39.9. The number of hydrogen-bond acceptors (Lipinski definition) is 8. The molecule has 2 aromatic carbocycles. The molecule has 1 saturated carbocycles. The first-order chi connectivity index (χ1) is 26.1. The van der Waals surface area contributed by atoms with Gasteiger partial charge in [0.2, 0.25) is 23.6 Å². The van der Waals surface area contributed by atoms with E-state index in [1.54, 1.807) is 11.3 Å². The number of β-amino-alcohol motifs (C(OH)–C–C–N with tert-alkyl or cyclic N) is 1. The number of aliphatic hydroxyl groups is 1. The zero-order valence-electron chi connectivity index (χ0n) is 32.8. The number of carbonyl (C=O) groups excluding carboxylic acids is 4. The van der Waals surface area contributed by atoms with Crippen molar-refractivity contribution in [3.63, 3.8) is 0 Å². The van der Waals surface area contributed by atoms with Gasteiger partial charge in [-0.05, 0) is 73.3 Å². The maximum absolute atomic E-state index is 14.1.